The Morgan fingerprint density at radius 2 is 2.13 bits per heavy atom. The van der Waals surface area contributed by atoms with E-state index in [0.717, 1.165) is 17.8 Å². The third-order valence-corrected chi connectivity index (χ3v) is 2.52. The Balaban J connectivity index is 3.10. The first-order valence-electron chi connectivity index (χ1n) is 5.00. The van der Waals surface area contributed by atoms with Crippen LogP contribution in [0.2, 0.25) is 0 Å². The lowest BCUT2D eigenvalue weighted by molar-refractivity contribution is 0.0601. The Morgan fingerprint density at radius 1 is 1.47 bits per heavy atom. The average Bonchev–Trinajstić information content (AvgIpc) is 2.27. The van der Waals surface area contributed by atoms with Crippen molar-refractivity contribution in [2.24, 2.45) is 0 Å². The van der Waals surface area contributed by atoms with Crippen LogP contribution in [0.25, 0.3) is 0 Å². The molecule has 0 unspecified atom stereocenters. The van der Waals surface area contributed by atoms with Crippen LogP contribution in [-0.2, 0) is 4.74 Å². The molecule has 3 nitrogen and oxygen atoms in total. The molecule has 0 atom stereocenters. The third-order valence-electron chi connectivity index (χ3n) is 2.52. The van der Waals surface area contributed by atoms with Crippen LogP contribution in [0.3, 0.4) is 0 Å². The van der Waals surface area contributed by atoms with Gasteiger partial charge in [-0.15, -0.1) is 0 Å². The Kier molecular flexibility index (Phi) is 3.72. The van der Waals surface area contributed by atoms with Gasteiger partial charge in [-0.2, -0.15) is 0 Å². The van der Waals surface area contributed by atoms with Crippen molar-refractivity contribution in [3.05, 3.63) is 29.3 Å². The molecule has 0 saturated heterocycles. The van der Waals surface area contributed by atoms with Crippen molar-refractivity contribution in [3.8, 4) is 0 Å². The van der Waals surface area contributed by atoms with Crippen molar-refractivity contribution in [1.82, 2.24) is 0 Å². The molecule has 0 amide bonds. The molecule has 0 aliphatic rings. The monoisotopic (exact) mass is 207 g/mol. The van der Waals surface area contributed by atoms with Crippen LogP contribution >= 0.6 is 0 Å². The first kappa shape index (κ1) is 11.6. The molecule has 0 radical (unpaired) electrons. The maximum Gasteiger partial charge on any atom is 0.337 e. The molecule has 1 aromatic carbocycles. The van der Waals surface area contributed by atoms with E-state index in [1.807, 2.05) is 26.1 Å². The van der Waals surface area contributed by atoms with Crippen LogP contribution in [0.4, 0.5) is 5.69 Å². The van der Waals surface area contributed by atoms with Gasteiger partial charge in [-0.3, -0.25) is 0 Å². The maximum absolute atomic E-state index is 11.3. The molecule has 82 valence electrons. The predicted molar refractivity (Wildman–Crippen MR) is 61.5 cm³/mol. The van der Waals surface area contributed by atoms with Gasteiger partial charge in [0.25, 0.3) is 0 Å². The molecule has 1 aromatic rings. The summed E-state index contributed by atoms with van der Waals surface area (Å²) in [5, 5.41) is 0. The van der Waals surface area contributed by atoms with Gasteiger partial charge >= 0.3 is 5.97 Å². The largest absolute Gasteiger partial charge is 0.465 e. The lowest BCUT2D eigenvalue weighted by Crippen LogP contribution is -2.17. The summed E-state index contributed by atoms with van der Waals surface area (Å²) in [6.07, 6.45) is 0. The van der Waals surface area contributed by atoms with Crippen LogP contribution < -0.4 is 4.90 Å². The molecule has 0 aliphatic carbocycles. The molecule has 0 bridgehead atoms. The highest BCUT2D eigenvalue weighted by atomic mass is 16.5. The molecule has 0 spiro atoms. The summed E-state index contributed by atoms with van der Waals surface area (Å²) in [5.74, 6) is -0.291. The van der Waals surface area contributed by atoms with E-state index in [4.69, 9.17) is 0 Å². The van der Waals surface area contributed by atoms with Crippen LogP contribution in [0.5, 0.6) is 0 Å². The quantitative estimate of drug-likeness (QED) is 0.712. The van der Waals surface area contributed by atoms with Crippen molar-refractivity contribution in [2.45, 2.75) is 13.8 Å². The summed E-state index contributed by atoms with van der Waals surface area (Å²) in [4.78, 5) is 13.4. The van der Waals surface area contributed by atoms with Crippen LogP contribution in [0.1, 0.15) is 22.8 Å². The van der Waals surface area contributed by atoms with Crippen LogP contribution in [0, 0.1) is 6.92 Å². The first-order chi connectivity index (χ1) is 7.10. The van der Waals surface area contributed by atoms with Crippen molar-refractivity contribution in [3.63, 3.8) is 0 Å². The molecule has 0 fully saturated rings. The summed E-state index contributed by atoms with van der Waals surface area (Å²) < 4.78 is 4.69. The van der Waals surface area contributed by atoms with Gasteiger partial charge in [-0.05, 0) is 31.5 Å². The minimum absolute atomic E-state index is 0.291. The SMILES string of the molecule is CCN(C)c1cc(C(=O)OC)ccc1C. The number of aryl methyl sites for hydroxylation is 1. The molecule has 1 rings (SSSR count). The van der Waals surface area contributed by atoms with Crippen molar-refractivity contribution >= 4 is 11.7 Å². The van der Waals surface area contributed by atoms with Gasteiger partial charge in [-0.1, -0.05) is 6.07 Å². The second-order valence-corrected chi connectivity index (χ2v) is 3.51. The van der Waals surface area contributed by atoms with Gasteiger partial charge in [0.05, 0.1) is 12.7 Å². The minimum atomic E-state index is -0.291. The Bertz CT molecular complexity index is 361. The number of ether oxygens (including phenoxy) is 1. The van der Waals surface area contributed by atoms with Crippen molar-refractivity contribution < 1.29 is 9.53 Å². The molecular formula is C12H17NO2. The topological polar surface area (TPSA) is 29.5 Å². The molecule has 0 aliphatic heterocycles. The summed E-state index contributed by atoms with van der Waals surface area (Å²) in [6.45, 7) is 5.01. The fourth-order valence-corrected chi connectivity index (χ4v) is 1.44. The number of carbonyl (C=O) groups is 1. The molecule has 15 heavy (non-hydrogen) atoms. The highest BCUT2D eigenvalue weighted by Crippen LogP contribution is 2.20. The summed E-state index contributed by atoms with van der Waals surface area (Å²) in [6, 6.07) is 5.59. The van der Waals surface area contributed by atoms with E-state index in [-0.39, 0.29) is 5.97 Å². The Morgan fingerprint density at radius 3 is 2.67 bits per heavy atom. The number of hydrogen-bond acceptors (Lipinski definition) is 3. The van der Waals surface area contributed by atoms with Crippen molar-refractivity contribution in [1.29, 1.82) is 0 Å². The molecule has 0 heterocycles. The van der Waals surface area contributed by atoms with Gasteiger partial charge in [0.1, 0.15) is 0 Å². The second kappa shape index (κ2) is 4.82. The number of methoxy groups -OCH3 is 1. The Labute approximate surface area is 90.7 Å². The van der Waals surface area contributed by atoms with E-state index in [1.54, 1.807) is 6.07 Å². The smallest absolute Gasteiger partial charge is 0.337 e. The summed E-state index contributed by atoms with van der Waals surface area (Å²) in [7, 11) is 3.40. The lowest BCUT2D eigenvalue weighted by Gasteiger charge is -2.19. The van der Waals surface area contributed by atoms with E-state index < -0.39 is 0 Å². The van der Waals surface area contributed by atoms with E-state index in [0.29, 0.717) is 5.56 Å². The second-order valence-electron chi connectivity index (χ2n) is 3.51. The highest BCUT2D eigenvalue weighted by molar-refractivity contribution is 5.90. The number of anilines is 1. The van der Waals surface area contributed by atoms with Crippen molar-refractivity contribution in [2.75, 3.05) is 25.6 Å². The van der Waals surface area contributed by atoms with E-state index in [1.165, 1.54) is 7.11 Å². The zero-order valence-electron chi connectivity index (χ0n) is 9.70. The molecular weight excluding hydrogens is 190 g/mol. The number of esters is 1. The van der Waals surface area contributed by atoms with E-state index >= 15 is 0 Å². The van der Waals surface area contributed by atoms with Gasteiger partial charge in [0, 0.05) is 19.3 Å². The lowest BCUT2D eigenvalue weighted by atomic mass is 10.1. The summed E-state index contributed by atoms with van der Waals surface area (Å²) >= 11 is 0. The minimum Gasteiger partial charge on any atom is -0.465 e. The first-order valence-corrected chi connectivity index (χ1v) is 5.00. The fourth-order valence-electron chi connectivity index (χ4n) is 1.44. The number of carbonyl (C=O) groups excluding carboxylic acids is 1. The zero-order valence-corrected chi connectivity index (χ0v) is 9.70. The normalized spacial score (nSPS) is 9.87. The number of hydrogen-bond donors (Lipinski definition) is 0. The van der Waals surface area contributed by atoms with Crippen LogP contribution in [-0.4, -0.2) is 26.7 Å². The number of benzene rings is 1. The maximum atomic E-state index is 11.3. The predicted octanol–water partition coefficient (Wildman–Crippen LogP) is 2.24. The highest BCUT2D eigenvalue weighted by Gasteiger charge is 2.09. The van der Waals surface area contributed by atoms with E-state index in [9.17, 15) is 4.79 Å². The Hall–Kier alpha value is -1.51. The van der Waals surface area contributed by atoms with E-state index in [2.05, 4.69) is 16.6 Å². The third kappa shape index (κ3) is 2.49. The van der Waals surface area contributed by atoms with Gasteiger partial charge in [-0.25, -0.2) is 4.79 Å². The molecule has 0 saturated carbocycles. The average molecular weight is 207 g/mol. The molecule has 0 N–H and O–H groups in total. The summed E-state index contributed by atoms with van der Waals surface area (Å²) in [5.41, 5.74) is 2.82. The van der Waals surface area contributed by atoms with Gasteiger partial charge in [0.2, 0.25) is 0 Å². The fraction of sp³-hybridized carbons (Fsp3) is 0.417. The number of rotatable bonds is 3. The molecule has 0 aromatic heterocycles. The van der Waals surface area contributed by atoms with Gasteiger partial charge < -0.3 is 9.64 Å². The van der Waals surface area contributed by atoms with Crippen LogP contribution in [0.15, 0.2) is 18.2 Å². The number of nitrogens with zero attached hydrogens (tertiary/aromatic N) is 1. The zero-order chi connectivity index (χ0) is 11.4. The standard InChI is InChI=1S/C12H17NO2/c1-5-13(3)11-8-10(12(14)15-4)7-6-9(11)2/h6-8H,5H2,1-4H3. The van der Waals surface area contributed by atoms with Gasteiger partial charge in [0.15, 0.2) is 0 Å². The molecule has 3 heteroatoms.